The molecule has 0 aromatic rings. The van der Waals surface area contributed by atoms with Crippen LogP contribution in [0.3, 0.4) is 0 Å². The number of alkyl carbamates (subject to hydrolysis) is 1. The van der Waals surface area contributed by atoms with Gasteiger partial charge < -0.3 is 39.1 Å². The molecule has 0 bridgehead atoms. The van der Waals surface area contributed by atoms with Crippen molar-refractivity contribution in [3.63, 3.8) is 0 Å². The number of nitrogens with zero attached hydrogens (tertiary/aromatic N) is 2. The summed E-state index contributed by atoms with van der Waals surface area (Å²) in [7, 11) is 1.46. The Bertz CT molecular complexity index is 868. The number of thiocarbonyl (C=S) groups is 1. The van der Waals surface area contributed by atoms with Crippen molar-refractivity contribution in [1.82, 2.24) is 20.4 Å². The van der Waals surface area contributed by atoms with Gasteiger partial charge in [0.1, 0.15) is 30.7 Å². The average molecular weight is 669 g/mol. The second-order valence-electron chi connectivity index (χ2n) is 8.95. The van der Waals surface area contributed by atoms with Crippen molar-refractivity contribution in [3.8, 4) is 0 Å². The molecule has 3 amide bonds. The number of likely N-dealkylation sites (N-methyl/N-ethyl adjacent to an activating group) is 1. The first-order valence-corrected chi connectivity index (χ1v) is 15.9. The summed E-state index contributed by atoms with van der Waals surface area (Å²) in [5, 5.41) is 4.96. The molecule has 1 rings (SSSR count). The number of rotatable bonds is 22. The van der Waals surface area contributed by atoms with Crippen molar-refractivity contribution in [3.05, 3.63) is 0 Å². The molecule has 0 atom stereocenters. The van der Waals surface area contributed by atoms with Gasteiger partial charge in [0, 0.05) is 52.5 Å². The van der Waals surface area contributed by atoms with E-state index < -0.39 is 11.9 Å². The third-order valence-electron chi connectivity index (χ3n) is 5.21. The van der Waals surface area contributed by atoms with E-state index in [1.807, 2.05) is 6.92 Å². The standard InChI is InChI=1S/C16H25N3O7S2.C11H23NO4/c1-12(20)25-6-3-18(9-14(22)19-5-8-28-16(19)27)4-7-26-15(23)11-24-10-13(21)17-2;1-3-6-14-9-10-15-8-5-12-11(13)16-7-4-2/h3-11H2,1-2H3,(H,17,21);3-10H2,1-2H3,(H,12,13). The molecule has 0 saturated carbocycles. The van der Waals surface area contributed by atoms with Crippen molar-refractivity contribution >= 4 is 58.1 Å². The Morgan fingerprint density at radius 2 is 1.52 bits per heavy atom. The van der Waals surface area contributed by atoms with E-state index in [2.05, 4.69) is 17.6 Å². The first-order chi connectivity index (χ1) is 21.1. The first-order valence-electron chi connectivity index (χ1n) is 14.5. The topological polar surface area (TPSA) is 171 Å². The maximum Gasteiger partial charge on any atom is 0.407 e. The van der Waals surface area contributed by atoms with Crippen molar-refractivity contribution in [2.24, 2.45) is 0 Å². The normalized spacial score (nSPS) is 12.3. The maximum absolute atomic E-state index is 12.4. The van der Waals surface area contributed by atoms with Gasteiger partial charge >= 0.3 is 18.0 Å². The molecule has 0 aromatic carbocycles. The largest absolute Gasteiger partial charge is 0.465 e. The Kier molecular flexibility index (Phi) is 26.3. The number of ether oxygens (including phenoxy) is 6. The second-order valence-corrected chi connectivity index (χ2v) is 10.7. The quantitative estimate of drug-likeness (QED) is 0.0711. The number of carbonyl (C=O) groups excluding carboxylic acids is 5. The van der Waals surface area contributed by atoms with Gasteiger partial charge in [0.2, 0.25) is 11.8 Å². The molecule has 1 saturated heterocycles. The molecule has 17 heteroatoms. The fourth-order valence-electron chi connectivity index (χ4n) is 3.05. The van der Waals surface area contributed by atoms with Gasteiger partial charge in [0.15, 0.2) is 0 Å². The molecule has 1 aliphatic heterocycles. The number of hydrogen-bond donors (Lipinski definition) is 2. The summed E-state index contributed by atoms with van der Waals surface area (Å²) in [6.07, 6.45) is 1.47. The van der Waals surface area contributed by atoms with Crippen LogP contribution in [0.5, 0.6) is 0 Å². The van der Waals surface area contributed by atoms with Gasteiger partial charge in [-0.2, -0.15) is 0 Å². The monoisotopic (exact) mass is 668 g/mol. The van der Waals surface area contributed by atoms with E-state index in [-0.39, 0.29) is 57.4 Å². The lowest BCUT2D eigenvalue weighted by Gasteiger charge is -2.24. The molecule has 0 unspecified atom stereocenters. The number of amides is 3. The zero-order valence-corrected chi connectivity index (χ0v) is 27.9. The summed E-state index contributed by atoms with van der Waals surface area (Å²) in [5.41, 5.74) is 0. The van der Waals surface area contributed by atoms with Crippen LogP contribution in [0.4, 0.5) is 4.79 Å². The Labute approximate surface area is 269 Å². The zero-order chi connectivity index (χ0) is 33.0. The van der Waals surface area contributed by atoms with Crippen LogP contribution in [0.1, 0.15) is 33.6 Å². The Morgan fingerprint density at radius 3 is 2.11 bits per heavy atom. The smallest absolute Gasteiger partial charge is 0.407 e. The molecule has 0 aliphatic carbocycles. The highest BCUT2D eigenvalue weighted by molar-refractivity contribution is 8.23. The van der Waals surface area contributed by atoms with Gasteiger partial charge in [-0.05, 0) is 12.8 Å². The number of carbonyl (C=O) groups is 5. The number of thioether (sulfide) groups is 1. The summed E-state index contributed by atoms with van der Waals surface area (Å²) in [5.74, 6) is -0.763. The summed E-state index contributed by atoms with van der Waals surface area (Å²) >= 11 is 6.60. The van der Waals surface area contributed by atoms with E-state index in [0.29, 0.717) is 50.4 Å². The fourth-order valence-corrected chi connectivity index (χ4v) is 4.29. The van der Waals surface area contributed by atoms with Crippen molar-refractivity contribution < 1.29 is 52.4 Å². The van der Waals surface area contributed by atoms with Gasteiger partial charge in [-0.1, -0.05) is 37.8 Å². The molecule has 0 aromatic heterocycles. The summed E-state index contributed by atoms with van der Waals surface area (Å²) in [6, 6.07) is 0. The van der Waals surface area contributed by atoms with Crippen LogP contribution in [0.15, 0.2) is 0 Å². The molecule has 44 heavy (non-hydrogen) atoms. The molecule has 1 aliphatic rings. The van der Waals surface area contributed by atoms with Crippen LogP contribution >= 0.6 is 24.0 Å². The zero-order valence-electron chi connectivity index (χ0n) is 26.2. The minimum absolute atomic E-state index is 0.0225. The maximum atomic E-state index is 12.4. The lowest BCUT2D eigenvalue weighted by molar-refractivity contribution is -0.150. The highest BCUT2D eigenvalue weighted by atomic mass is 32.2. The molecule has 1 fully saturated rings. The van der Waals surface area contributed by atoms with Crippen LogP contribution in [0.2, 0.25) is 0 Å². The van der Waals surface area contributed by atoms with E-state index in [4.69, 9.17) is 40.6 Å². The van der Waals surface area contributed by atoms with E-state index in [1.54, 1.807) is 4.90 Å². The van der Waals surface area contributed by atoms with Crippen LogP contribution in [0, 0.1) is 0 Å². The summed E-state index contributed by atoms with van der Waals surface area (Å²) in [6.45, 7) is 9.42. The second kappa shape index (κ2) is 27.9. The van der Waals surface area contributed by atoms with Gasteiger partial charge in [-0.25, -0.2) is 9.59 Å². The molecule has 0 radical (unpaired) electrons. The van der Waals surface area contributed by atoms with Crippen molar-refractivity contribution in [2.45, 2.75) is 33.6 Å². The fraction of sp³-hybridized carbons (Fsp3) is 0.778. The Balaban J connectivity index is 0.000000983. The third-order valence-corrected chi connectivity index (χ3v) is 6.64. The number of nitrogens with one attached hydrogen (secondary N) is 2. The molecule has 0 spiro atoms. The van der Waals surface area contributed by atoms with Gasteiger partial charge in [0.05, 0.1) is 33.0 Å². The predicted octanol–water partition coefficient (Wildman–Crippen LogP) is 0.583. The summed E-state index contributed by atoms with van der Waals surface area (Å²) in [4.78, 5) is 60.2. The number of hydrogen-bond acceptors (Lipinski definition) is 14. The van der Waals surface area contributed by atoms with Crippen LogP contribution in [0.25, 0.3) is 0 Å². The molecule has 254 valence electrons. The minimum atomic E-state index is -0.618. The Hall–Kier alpha value is -2.57. The lowest BCUT2D eigenvalue weighted by Crippen LogP contribution is -2.43. The predicted molar refractivity (Wildman–Crippen MR) is 167 cm³/mol. The molecule has 2 N–H and O–H groups in total. The number of esters is 2. The van der Waals surface area contributed by atoms with Gasteiger partial charge in [-0.15, -0.1) is 0 Å². The van der Waals surface area contributed by atoms with Gasteiger partial charge in [-0.3, -0.25) is 24.2 Å². The third kappa shape index (κ3) is 23.8. The Morgan fingerprint density at radius 1 is 0.864 bits per heavy atom. The van der Waals surface area contributed by atoms with E-state index in [1.165, 1.54) is 30.6 Å². The van der Waals surface area contributed by atoms with E-state index in [9.17, 15) is 24.0 Å². The van der Waals surface area contributed by atoms with Crippen LogP contribution in [-0.4, -0.2) is 149 Å². The highest BCUT2D eigenvalue weighted by Gasteiger charge is 2.25. The van der Waals surface area contributed by atoms with E-state index in [0.717, 1.165) is 25.2 Å². The van der Waals surface area contributed by atoms with Crippen LogP contribution in [-0.2, 0) is 47.6 Å². The highest BCUT2D eigenvalue weighted by Crippen LogP contribution is 2.18. The first kappa shape index (κ1) is 41.4. The van der Waals surface area contributed by atoms with Crippen LogP contribution < -0.4 is 10.6 Å². The van der Waals surface area contributed by atoms with Crippen molar-refractivity contribution in [2.75, 3.05) is 105 Å². The molecular formula is C27H48N4O11S2. The molecular weight excluding hydrogens is 620 g/mol. The lowest BCUT2D eigenvalue weighted by atomic mass is 10.4. The average Bonchev–Trinajstić information content (AvgIpc) is 3.43. The van der Waals surface area contributed by atoms with Crippen molar-refractivity contribution in [1.29, 1.82) is 0 Å². The molecule has 15 nitrogen and oxygen atoms in total. The molecule has 1 heterocycles. The SMILES string of the molecule is CCCOCCOCCNC(=O)OCCC.CNC(=O)COCC(=O)OCCN(CCOC(C)=O)CC(=O)N1CCSC1=S. The summed E-state index contributed by atoms with van der Waals surface area (Å²) < 4.78 is 30.7. The van der Waals surface area contributed by atoms with Gasteiger partial charge in [0.25, 0.3) is 0 Å². The minimum Gasteiger partial charge on any atom is -0.465 e. The van der Waals surface area contributed by atoms with E-state index >= 15 is 0 Å².